The summed E-state index contributed by atoms with van der Waals surface area (Å²) in [5, 5.41) is 15.1. The first-order valence-electron chi connectivity index (χ1n) is 9.15. The van der Waals surface area contributed by atoms with Gasteiger partial charge in [0.05, 0.1) is 13.5 Å². The van der Waals surface area contributed by atoms with Crippen molar-refractivity contribution in [1.29, 1.82) is 0 Å². The van der Waals surface area contributed by atoms with Crippen LogP contribution < -0.4 is 10.1 Å². The van der Waals surface area contributed by atoms with E-state index in [-0.39, 0.29) is 18.2 Å². The maximum absolute atomic E-state index is 12.4. The number of carbonyl (C=O) groups is 1. The Morgan fingerprint density at radius 3 is 2.86 bits per heavy atom. The second-order valence-corrected chi connectivity index (χ2v) is 6.83. The van der Waals surface area contributed by atoms with Gasteiger partial charge in [0.2, 0.25) is 5.91 Å². The van der Waals surface area contributed by atoms with Gasteiger partial charge in [-0.15, -0.1) is 10.2 Å². The Kier molecular flexibility index (Phi) is 4.94. The predicted molar refractivity (Wildman–Crippen MR) is 106 cm³/mol. The minimum Gasteiger partial charge on any atom is -0.497 e. The smallest absolute Gasteiger partial charge is 0.258 e. The van der Waals surface area contributed by atoms with Crippen molar-refractivity contribution in [2.75, 3.05) is 12.4 Å². The van der Waals surface area contributed by atoms with Gasteiger partial charge in [-0.3, -0.25) is 9.20 Å². The van der Waals surface area contributed by atoms with E-state index in [9.17, 15) is 4.79 Å². The van der Waals surface area contributed by atoms with Crippen LogP contribution in [0, 0.1) is 0 Å². The summed E-state index contributed by atoms with van der Waals surface area (Å²) in [6.07, 6.45) is 1.87. The van der Waals surface area contributed by atoms with Crippen molar-refractivity contribution in [3.05, 3.63) is 54.2 Å². The van der Waals surface area contributed by atoms with Crippen LogP contribution in [0.3, 0.4) is 0 Å². The number of carbonyl (C=O) groups excluding carboxylic acids is 1. The second-order valence-electron chi connectivity index (χ2n) is 6.83. The third-order valence-corrected chi connectivity index (χ3v) is 4.36. The highest BCUT2D eigenvalue weighted by molar-refractivity contribution is 5.92. The van der Waals surface area contributed by atoms with Gasteiger partial charge >= 0.3 is 0 Å². The Hall–Kier alpha value is -3.75. The largest absolute Gasteiger partial charge is 0.497 e. The Morgan fingerprint density at radius 2 is 2.10 bits per heavy atom. The first kappa shape index (κ1) is 18.6. The summed E-state index contributed by atoms with van der Waals surface area (Å²) in [4.78, 5) is 16.8. The number of hydrogen-bond donors (Lipinski definition) is 1. The monoisotopic (exact) mass is 392 g/mol. The molecule has 9 nitrogen and oxygen atoms in total. The van der Waals surface area contributed by atoms with Crippen LogP contribution in [0.5, 0.6) is 5.75 Å². The summed E-state index contributed by atoms with van der Waals surface area (Å²) in [5.41, 5.74) is 2.00. The van der Waals surface area contributed by atoms with Crippen molar-refractivity contribution in [1.82, 2.24) is 24.7 Å². The van der Waals surface area contributed by atoms with E-state index in [4.69, 9.17) is 9.26 Å². The van der Waals surface area contributed by atoms with Gasteiger partial charge in [0.15, 0.2) is 11.5 Å². The fourth-order valence-electron chi connectivity index (χ4n) is 2.83. The van der Waals surface area contributed by atoms with E-state index in [1.54, 1.807) is 35.9 Å². The molecule has 0 fully saturated rings. The molecule has 0 aliphatic carbocycles. The average Bonchev–Trinajstić information content (AvgIpc) is 3.35. The lowest BCUT2D eigenvalue weighted by atomic mass is 10.2. The van der Waals surface area contributed by atoms with Crippen LogP contribution in [0.15, 0.2) is 47.1 Å². The maximum Gasteiger partial charge on any atom is 0.258 e. The van der Waals surface area contributed by atoms with E-state index in [1.807, 2.05) is 32.0 Å². The molecule has 29 heavy (non-hydrogen) atoms. The summed E-state index contributed by atoms with van der Waals surface area (Å²) >= 11 is 0. The highest BCUT2D eigenvalue weighted by atomic mass is 16.5. The molecule has 4 rings (SSSR count). The number of amides is 1. The lowest BCUT2D eigenvalue weighted by Crippen LogP contribution is -2.16. The highest BCUT2D eigenvalue weighted by Gasteiger charge is 2.15. The molecule has 0 aliphatic heterocycles. The second kappa shape index (κ2) is 7.70. The number of fused-ring (bicyclic) bond motifs is 1. The normalized spacial score (nSPS) is 11.2. The zero-order chi connectivity index (χ0) is 20.4. The minimum atomic E-state index is -0.199. The molecule has 3 aromatic heterocycles. The molecule has 9 heteroatoms. The molecule has 1 amide bonds. The van der Waals surface area contributed by atoms with Gasteiger partial charge in [-0.1, -0.05) is 25.1 Å². The lowest BCUT2D eigenvalue weighted by molar-refractivity contribution is -0.115. The Morgan fingerprint density at radius 1 is 1.24 bits per heavy atom. The van der Waals surface area contributed by atoms with Crippen molar-refractivity contribution in [2.24, 2.45) is 0 Å². The zero-order valence-electron chi connectivity index (χ0n) is 16.3. The number of hydrogen-bond acceptors (Lipinski definition) is 7. The average molecular weight is 392 g/mol. The van der Waals surface area contributed by atoms with Crippen LogP contribution in [-0.4, -0.2) is 37.8 Å². The molecule has 1 aromatic carbocycles. The Labute approximate surface area is 166 Å². The fourth-order valence-corrected chi connectivity index (χ4v) is 2.83. The van der Waals surface area contributed by atoms with Crippen LogP contribution in [0.2, 0.25) is 0 Å². The van der Waals surface area contributed by atoms with Crippen LogP contribution in [0.25, 0.3) is 17.1 Å². The van der Waals surface area contributed by atoms with Crippen molar-refractivity contribution in [3.8, 4) is 17.2 Å². The Bertz CT molecular complexity index is 1160. The van der Waals surface area contributed by atoms with Crippen molar-refractivity contribution >= 4 is 17.2 Å². The summed E-state index contributed by atoms with van der Waals surface area (Å²) in [7, 11) is 1.58. The molecule has 0 saturated carbocycles. The molecule has 3 heterocycles. The van der Waals surface area contributed by atoms with Gasteiger partial charge in [0.25, 0.3) is 5.89 Å². The van der Waals surface area contributed by atoms with E-state index in [1.165, 1.54) is 0 Å². The number of benzene rings is 1. The van der Waals surface area contributed by atoms with Crippen LogP contribution in [-0.2, 0) is 11.2 Å². The summed E-state index contributed by atoms with van der Waals surface area (Å²) in [5.74, 6) is 2.26. The van der Waals surface area contributed by atoms with E-state index >= 15 is 0 Å². The highest BCUT2D eigenvalue weighted by Crippen LogP contribution is 2.22. The van der Waals surface area contributed by atoms with Gasteiger partial charge in [-0.25, -0.2) is 0 Å². The Balaban J connectivity index is 1.51. The number of rotatable bonds is 6. The molecule has 4 aromatic rings. The van der Waals surface area contributed by atoms with Gasteiger partial charge in [0.1, 0.15) is 11.6 Å². The molecular formula is C20H20N6O3. The van der Waals surface area contributed by atoms with Crippen molar-refractivity contribution < 1.29 is 14.1 Å². The maximum atomic E-state index is 12.4. The van der Waals surface area contributed by atoms with E-state index in [0.717, 1.165) is 5.56 Å². The number of aromatic nitrogens is 5. The molecule has 0 aliphatic rings. The van der Waals surface area contributed by atoms with E-state index in [0.29, 0.717) is 34.6 Å². The van der Waals surface area contributed by atoms with Gasteiger partial charge in [0, 0.05) is 29.4 Å². The summed E-state index contributed by atoms with van der Waals surface area (Å²) < 4.78 is 12.3. The molecular weight excluding hydrogens is 372 g/mol. The molecule has 1 N–H and O–H groups in total. The van der Waals surface area contributed by atoms with Gasteiger partial charge < -0.3 is 14.6 Å². The fraction of sp³-hybridized carbons (Fsp3) is 0.250. The van der Waals surface area contributed by atoms with Gasteiger partial charge in [-0.05, 0) is 24.3 Å². The standard InChI is InChI=1S/C20H20N6O3/c1-12(2)19-22-20(29-25-19)13-7-8-26-16(9-13)23-24-17(26)11-18(27)21-14-5-4-6-15(10-14)28-3/h4-10,12H,11H2,1-3H3,(H,21,27). The predicted octanol–water partition coefficient (Wildman–Crippen LogP) is 3.09. The van der Waals surface area contributed by atoms with E-state index in [2.05, 4.69) is 25.7 Å². The molecule has 0 atom stereocenters. The quantitative estimate of drug-likeness (QED) is 0.537. The number of methoxy groups -OCH3 is 1. The SMILES string of the molecule is COc1cccc(NC(=O)Cc2nnc3cc(-c4nc(C(C)C)no4)ccn23)c1. The lowest BCUT2D eigenvalue weighted by Gasteiger charge is -2.06. The molecule has 0 spiro atoms. The van der Waals surface area contributed by atoms with E-state index < -0.39 is 0 Å². The number of nitrogens with zero attached hydrogens (tertiary/aromatic N) is 5. The summed E-state index contributed by atoms with van der Waals surface area (Å²) in [6.45, 7) is 4.00. The van der Waals surface area contributed by atoms with Crippen molar-refractivity contribution in [3.63, 3.8) is 0 Å². The van der Waals surface area contributed by atoms with Crippen LogP contribution >= 0.6 is 0 Å². The molecule has 148 valence electrons. The molecule has 0 unspecified atom stereocenters. The van der Waals surface area contributed by atoms with Gasteiger partial charge in [-0.2, -0.15) is 4.98 Å². The molecule has 0 bridgehead atoms. The first-order valence-corrected chi connectivity index (χ1v) is 9.15. The number of ether oxygens (including phenoxy) is 1. The van der Waals surface area contributed by atoms with Crippen LogP contribution in [0.4, 0.5) is 5.69 Å². The van der Waals surface area contributed by atoms with Crippen molar-refractivity contribution in [2.45, 2.75) is 26.2 Å². The molecule has 0 saturated heterocycles. The topological polar surface area (TPSA) is 107 Å². The third-order valence-electron chi connectivity index (χ3n) is 4.36. The minimum absolute atomic E-state index is 0.0791. The number of nitrogens with one attached hydrogen (secondary N) is 1. The third kappa shape index (κ3) is 3.93. The first-order chi connectivity index (χ1) is 14.0. The summed E-state index contributed by atoms with van der Waals surface area (Å²) in [6, 6.07) is 10.8. The zero-order valence-corrected chi connectivity index (χ0v) is 16.3. The van der Waals surface area contributed by atoms with Crippen LogP contribution in [0.1, 0.15) is 31.4 Å². The molecule has 0 radical (unpaired) electrons. The number of anilines is 1. The number of pyridine rings is 1.